The van der Waals surface area contributed by atoms with Crippen molar-refractivity contribution in [2.45, 2.75) is 82.5 Å². The standard InChI is InChI=1S/C28H32F3NO/c1-17-2-12-22(28(29,30)31)15-24(17)26(33)16-25(27-21-11-13-23(14-21)32-27)20-9-7-19(8-10-20)6-5-18-3-4-18/h2,7-10,12,15,18,21,23,25,27,32H,3-6,11,13-14,16H2,1H3/t21-,23+,25-,27?/m0/s1. The first-order valence-corrected chi connectivity index (χ1v) is 12.3. The summed E-state index contributed by atoms with van der Waals surface area (Å²) in [7, 11) is 0. The molecule has 3 fully saturated rings. The molecule has 2 saturated carbocycles. The molecule has 0 spiro atoms. The van der Waals surface area contributed by atoms with E-state index in [1.807, 2.05) is 0 Å². The molecule has 0 amide bonds. The first kappa shape index (κ1) is 22.6. The first-order valence-electron chi connectivity index (χ1n) is 12.3. The molecular weight excluding hydrogens is 423 g/mol. The van der Waals surface area contributed by atoms with Crippen LogP contribution in [0.4, 0.5) is 13.2 Å². The van der Waals surface area contributed by atoms with Crippen LogP contribution in [0.1, 0.15) is 83.5 Å². The number of ketones is 1. The highest BCUT2D eigenvalue weighted by Crippen LogP contribution is 2.43. The highest BCUT2D eigenvalue weighted by atomic mass is 19.4. The minimum Gasteiger partial charge on any atom is -0.310 e. The van der Waals surface area contributed by atoms with Crippen LogP contribution in [0.2, 0.25) is 0 Å². The number of halogens is 3. The highest BCUT2D eigenvalue weighted by molar-refractivity contribution is 5.98. The Morgan fingerprint density at radius 3 is 2.42 bits per heavy atom. The number of nitrogens with one attached hydrogen (secondary N) is 1. The van der Waals surface area contributed by atoms with Gasteiger partial charge in [0.15, 0.2) is 5.78 Å². The zero-order valence-corrected chi connectivity index (χ0v) is 19.1. The number of aryl methyl sites for hydroxylation is 2. The Bertz CT molecular complexity index is 1010. The average Bonchev–Trinajstić information content (AvgIpc) is 3.38. The van der Waals surface area contributed by atoms with Gasteiger partial charge >= 0.3 is 6.18 Å². The van der Waals surface area contributed by atoms with Gasteiger partial charge in [0.2, 0.25) is 0 Å². The van der Waals surface area contributed by atoms with Crippen LogP contribution in [-0.2, 0) is 12.6 Å². The van der Waals surface area contributed by atoms with Gasteiger partial charge in [-0.2, -0.15) is 13.2 Å². The molecule has 2 nitrogen and oxygen atoms in total. The molecule has 2 aromatic rings. The molecule has 1 unspecified atom stereocenters. The molecule has 2 aromatic carbocycles. The molecular formula is C28H32F3NO. The van der Waals surface area contributed by atoms with E-state index in [0.29, 0.717) is 17.5 Å². The summed E-state index contributed by atoms with van der Waals surface area (Å²) in [5.74, 6) is 1.19. The number of hydrogen-bond donors (Lipinski definition) is 1. The molecule has 1 N–H and O–H groups in total. The van der Waals surface area contributed by atoms with E-state index in [9.17, 15) is 18.0 Å². The maximum Gasteiger partial charge on any atom is 0.416 e. The minimum atomic E-state index is -4.45. The zero-order chi connectivity index (χ0) is 23.2. The molecule has 0 aromatic heterocycles. The van der Waals surface area contributed by atoms with Gasteiger partial charge in [-0.25, -0.2) is 0 Å². The van der Waals surface area contributed by atoms with E-state index in [2.05, 4.69) is 29.6 Å². The van der Waals surface area contributed by atoms with E-state index < -0.39 is 11.7 Å². The first-order chi connectivity index (χ1) is 15.8. The maximum atomic E-state index is 13.3. The highest BCUT2D eigenvalue weighted by Gasteiger charge is 2.43. The molecule has 1 aliphatic heterocycles. The molecule has 1 saturated heterocycles. The molecule has 33 heavy (non-hydrogen) atoms. The van der Waals surface area contributed by atoms with Crippen LogP contribution < -0.4 is 5.32 Å². The molecule has 5 heteroatoms. The number of carbonyl (C=O) groups is 1. The fourth-order valence-electron chi connectivity index (χ4n) is 5.92. The third-order valence-corrected chi connectivity index (χ3v) is 8.06. The molecule has 4 atom stereocenters. The number of Topliss-reactive ketones (excluding diaryl/α,β-unsaturated/α-hetero) is 1. The Hall–Kier alpha value is -2.14. The monoisotopic (exact) mass is 455 g/mol. The van der Waals surface area contributed by atoms with Crippen LogP contribution >= 0.6 is 0 Å². The van der Waals surface area contributed by atoms with E-state index in [-0.39, 0.29) is 29.7 Å². The van der Waals surface area contributed by atoms with E-state index in [1.165, 1.54) is 37.3 Å². The summed E-state index contributed by atoms with van der Waals surface area (Å²) < 4.78 is 39.8. The fourth-order valence-corrected chi connectivity index (χ4v) is 5.92. The van der Waals surface area contributed by atoms with Gasteiger partial charge in [0.1, 0.15) is 0 Å². The van der Waals surface area contributed by atoms with Gasteiger partial charge in [-0.1, -0.05) is 43.2 Å². The van der Waals surface area contributed by atoms with Crippen molar-refractivity contribution >= 4 is 5.78 Å². The predicted octanol–water partition coefficient (Wildman–Crippen LogP) is 6.85. The van der Waals surface area contributed by atoms with Gasteiger partial charge in [-0.15, -0.1) is 0 Å². The lowest BCUT2D eigenvalue weighted by molar-refractivity contribution is -0.137. The van der Waals surface area contributed by atoms with Crippen LogP contribution in [0.5, 0.6) is 0 Å². The second-order valence-electron chi connectivity index (χ2n) is 10.4. The van der Waals surface area contributed by atoms with E-state index >= 15 is 0 Å². The van der Waals surface area contributed by atoms with Crippen molar-refractivity contribution in [1.82, 2.24) is 5.32 Å². The molecule has 5 rings (SSSR count). The fraction of sp³-hybridized carbons (Fsp3) is 0.536. The van der Waals surface area contributed by atoms with Gasteiger partial charge in [0, 0.05) is 30.0 Å². The number of carbonyl (C=O) groups excluding carboxylic acids is 1. The van der Waals surface area contributed by atoms with Crippen LogP contribution in [-0.4, -0.2) is 17.9 Å². The van der Waals surface area contributed by atoms with Crippen molar-refractivity contribution < 1.29 is 18.0 Å². The predicted molar refractivity (Wildman–Crippen MR) is 123 cm³/mol. The Morgan fingerprint density at radius 1 is 1.06 bits per heavy atom. The quantitative estimate of drug-likeness (QED) is 0.441. The number of fused-ring (bicyclic) bond motifs is 2. The normalized spacial score (nSPS) is 25.4. The second-order valence-corrected chi connectivity index (χ2v) is 10.4. The number of alkyl halides is 3. The smallest absolute Gasteiger partial charge is 0.310 e. The Morgan fingerprint density at radius 2 is 1.82 bits per heavy atom. The van der Waals surface area contributed by atoms with Crippen molar-refractivity contribution in [3.63, 3.8) is 0 Å². The van der Waals surface area contributed by atoms with E-state index in [4.69, 9.17) is 0 Å². The number of rotatable bonds is 8. The van der Waals surface area contributed by atoms with Crippen molar-refractivity contribution in [1.29, 1.82) is 0 Å². The Balaban J connectivity index is 1.39. The van der Waals surface area contributed by atoms with Crippen LogP contribution in [0.3, 0.4) is 0 Å². The third kappa shape index (κ3) is 5.03. The largest absolute Gasteiger partial charge is 0.416 e. The lowest BCUT2D eigenvalue weighted by atomic mass is 9.79. The van der Waals surface area contributed by atoms with Crippen LogP contribution in [0, 0.1) is 18.8 Å². The van der Waals surface area contributed by atoms with Crippen molar-refractivity contribution in [3.05, 3.63) is 70.3 Å². The van der Waals surface area contributed by atoms with Crippen molar-refractivity contribution in [2.24, 2.45) is 11.8 Å². The summed E-state index contributed by atoms with van der Waals surface area (Å²) in [6, 6.07) is 12.9. The molecule has 2 aliphatic carbocycles. The van der Waals surface area contributed by atoms with Gasteiger partial charge in [-0.3, -0.25) is 4.79 Å². The van der Waals surface area contributed by atoms with Crippen LogP contribution in [0.15, 0.2) is 42.5 Å². The van der Waals surface area contributed by atoms with Crippen molar-refractivity contribution in [2.75, 3.05) is 0 Å². The number of hydrogen-bond acceptors (Lipinski definition) is 2. The van der Waals surface area contributed by atoms with Crippen molar-refractivity contribution in [3.8, 4) is 0 Å². The maximum absolute atomic E-state index is 13.3. The Kier molecular flexibility index (Phi) is 6.11. The van der Waals surface area contributed by atoms with E-state index in [0.717, 1.165) is 42.9 Å². The average molecular weight is 456 g/mol. The summed E-state index contributed by atoms with van der Waals surface area (Å²) >= 11 is 0. The topological polar surface area (TPSA) is 29.1 Å². The number of piperidine rings is 1. The second kappa shape index (κ2) is 8.90. The molecule has 1 heterocycles. The SMILES string of the molecule is Cc1ccc(C(F)(F)F)cc1C(=O)C[C@@H](c1ccc(CCC2CC2)cc1)C1N[C@@H]2CC[C@H]1C2. The lowest BCUT2D eigenvalue weighted by Gasteiger charge is -2.32. The van der Waals surface area contributed by atoms with Gasteiger partial charge in [-0.05, 0) is 79.7 Å². The van der Waals surface area contributed by atoms with Gasteiger partial charge in [0.05, 0.1) is 5.56 Å². The number of benzene rings is 2. The summed E-state index contributed by atoms with van der Waals surface area (Å²) in [6.07, 6.45) is 4.28. The molecule has 0 radical (unpaired) electrons. The molecule has 176 valence electrons. The van der Waals surface area contributed by atoms with E-state index in [1.54, 1.807) is 6.92 Å². The third-order valence-electron chi connectivity index (χ3n) is 8.06. The van der Waals surface area contributed by atoms with Crippen LogP contribution in [0.25, 0.3) is 0 Å². The summed E-state index contributed by atoms with van der Waals surface area (Å²) in [5.41, 5.74) is 2.48. The zero-order valence-electron chi connectivity index (χ0n) is 19.1. The molecule has 3 aliphatic rings. The summed E-state index contributed by atoms with van der Waals surface area (Å²) in [4.78, 5) is 13.3. The summed E-state index contributed by atoms with van der Waals surface area (Å²) in [5, 5.41) is 3.73. The van der Waals surface area contributed by atoms with Gasteiger partial charge in [0.25, 0.3) is 0 Å². The Labute approximate surface area is 194 Å². The lowest BCUT2D eigenvalue weighted by Crippen LogP contribution is -2.40. The summed E-state index contributed by atoms with van der Waals surface area (Å²) in [6.45, 7) is 1.72. The molecule has 2 bridgehead atoms. The van der Waals surface area contributed by atoms with Gasteiger partial charge < -0.3 is 5.32 Å². The minimum absolute atomic E-state index is 0.0285.